The number of urea groups is 1. The van der Waals surface area contributed by atoms with E-state index in [1.165, 1.54) is 6.26 Å². The van der Waals surface area contributed by atoms with Gasteiger partial charge < -0.3 is 14.5 Å². The van der Waals surface area contributed by atoms with Crippen molar-refractivity contribution in [3.63, 3.8) is 0 Å². The summed E-state index contributed by atoms with van der Waals surface area (Å²) in [4.78, 5) is 41.4. The Morgan fingerprint density at radius 1 is 1.12 bits per heavy atom. The molecule has 10 nitrogen and oxygen atoms in total. The van der Waals surface area contributed by atoms with Gasteiger partial charge in [0.15, 0.2) is 12.3 Å². The summed E-state index contributed by atoms with van der Waals surface area (Å²) < 4.78 is 11.9. The van der Waals surface area contributed by atoms with E-state index in [2.05, 4.69) is 20.7 Å². The maximum Gasteiger partial charge on any atom is 0.339 e. The minimum atomic E-state index is -0.767. The van der Waals surface area contributed by atoms with Crippen molar-refractivity contribution in [2.24, 2.45) is 7.05 Å². The van der Waals surface area contributed by atoms with Gasteiger partial charge >= 0.3 is 12.0 Å². The fourth-order valence-electron chi connectivity index (χ4n) is 3.36. The number of nitrogens with zero attached hydrogens (tertiary/aromatic N) is 3. The van der Waals surface area contributed by atoms with Crippen LogP contribution in [0.25, 0.3) is 22.3 Å². The van der Waals surface area contributed by atoms with E-state index in [0.717, 1.165) is 5.56 Å². The fourth-order valence-corrected chi connectivity index (χ4v) is 3.36. The molecule has 0 spiro atoms. The van der Waals surface area contributed by atoms with Crippen molar-refractivity contribution >= 4 is 28.9 Å². The number of nitrogens with one attached hydrogen (secondary N) is 2. The molecule has 0 aliphatic carbocycles. The Balaban J connectivity index is 1.47. The largest absolute Gasteiger partial charge is 0.467 e. The fraction of sp³-hybridized carbons (Fsp3) is 0.174. The van der Waals surface area contributed by atoms with Crippen LogP contribution in [0.15, 0.2) is 59.2 Å². The van der Waals surface area contributed by atoms with E-state index in [-0.39, 0.29) is 12.1 Å². The molecule has 0 saturated carbocycles. The number of benzene rings is 1. The van der Waals surface area contributed by atoms with Crippen LogP contribution in [-0.2, 0) is 23.1 Å². The van der Waals surface area contributed by atoms with Gasteiger partial charge in [-0.2, -0.15) is 5.10 Å². The smallest absolute Gasteiger partial charge is 0.339 e. The molecular weight excluding hydrogens is 426 g/mol. The van der Waals surface area contributed by atoms with Crippen LogP contribution in [0.4, 0.5) is 4.79 Å². The highest BCUT2D eigenvalue weighted by molar-refractivity contribution is 6.05. The molecule has 0 radical (unpaired) electrons. The monoisotopic (exact) mass is 447 g/mol. The lowest BCUT2D eigenvalue weighted by molar-refractivity contribution is -0.123. The van der Waals surface area contributed by atoms with Crippen molar-refractivity contribution in [1.82, 2.24) is 25.4 Å². The minimum Gasteiger partial charge on any atom is -0.467 e. The molecule has 3 heterocycles. The molecule has 0 aliphatic heterocycles. The lowest BCUT2D eigenvalue weighted by Gasteiger charge is -2.09. The third-order valence-corrected chi connectivity index (χ3v) is 4.85. The maximum atomic E-state index is 12.9. The molecule has 4 rings (SSSR count). The van der Waals surface area contributed by atoms with Crippen LogP contribution < -0.4 is 10.6 Å². The molecule has 33 heavy (non-hydrogen) atoms. The number of hydrogen-bond acceptors (Lipinski definition) is 7. The second kappa shape index (κ2) is 9.35. The zero-order valence-corrected chi connectivity index (χ0v) is 18.0. The van der Waals surface area contributed by atoms with Gasteiger partial charge in [-0.3, -0.25) is 14.8 Å². The summed E-state index contributed by atoms with van der Waals surface area (Å²) in [5, 5.41) is 9.46. The summed E-state index contributed by atoms with van der Waals surface area (Å²) in [6.45, 7) is 1.25. The van der Waals surface area contributed by atoms with Gasteiger partial charge in [0.25, 0.3) is 5.91 Å². The highest BCUT2D eigenvalue weighted by Gasteiger charge is 2.21. The average Bonchev–Trinajstić information content (AvgIpc) is 3.44. The molecule has 1 aromatic carbocycles. The van der Waals surface area contributed by atoms with Crippen molar-refractivity contribution in [1.29, 1.82) is 0 Å². The lowest BCUT2D eigenvalue weighted by atomic mass is 10.1. The molecule has 2 N–H and O–H groups in total. The van der Waals surface area contributed by atoms with Gasteiger partial charge in [0.2, 0.25) is 0 Å². The zero-order chi connectivity index (χ0) is 23.4. The molecule has 0 atom stereocenters. The number of amides is 3. The molecule has 10 heteroatoms. The summed E-state index contributed by atoms with van der Waals surface area (Å²) in [6.07, 6.45) is 1.47. The van der Waals surface area contributed by atoms with Gasteiger partial charge in [0.1, 0.15) is 5.76 Å². The molecule has 0 saturated heterocycles. The summed E-state index contributed by atoms with van der Waals surface area (Å²) in [5.41, 5.74) is 2.74. The van der Waals surface area contributed by atoms with E-state index in [9.17, 15) is 14.4 Å². The van der Waals surface area contributed by atoms with Crippen LogP contribution >= 0.6 is 0 Å². The molecule has 0 bridgehead atoms. The Labute approximate surface area is 188 Å². The first-order chi connectivity index (χ1) is 15.9. The standard InChI is InChI=1S/C23H21N5O5/c1-14-20-17(11-18(15-7-4-3-5-8-15)25-21(20)28(2)27-14)22(30)33-13-19(29)26-23(31)24-12-16-9-6-10-32-16/h3-11H,12-13H2,1-2H3,(H2,24,26,29,31). The third kappa shape index (κ3) is 4.90. The van der Waals surface area contributed by atoms with Gasteiger partial charge in [0.05, 0.1) is 35.1 Å². The molecule has 0 aliphatic rings. The van der Waals surface area contributed by atoms with E-state index < -0.39 is 24.5 Å². The van der Waals surface area contributed by atoms with E-state index in [1.54, 1.807) is 36.9 Å². The Morgan fingerprint density at radius 2 is 1.91 bits per heavy atom. The number of aromatic nitrogens is 3. The molecule has 168 valence electrons. The number of hydrogen-bond donors (Lipinski definition) is 2. The van der Waals surface area contributed by atoms with Gasteiger partial charge in [-0.1, -0.05) is 30.3 Å². The van der Waals surface area contributed by atoms with Crippen LogP contribution in [0.3, 0.4) is 0 Å². The first-order valence-electron chi connectivity index (χ1n) is 10.1. The predicted molar refractivity (Wildman–Crippen MR) is 118 cm³/mol. The van der Waals surface area contributed by atoms with Gasteiger partial charge in [-0.15, -0.1) is 0 Å². The van der Waals surface area contributed by atoms with E-state index in [0.29, 0.717) is 28.2 Å². The first kappa shape index (κ1) is 21.8. The quantitative estimate of drug-likeness (QED) is 0.435. The van der Waals surface area contributed by atoms with Crippen LogP contribution in [0, 0.1) is 6.92 Å². The van der Waals surface area contributed by atoms with Crippen molar-refractivity contribution in [3.8, 4) is 11.3 Å². The summed E-state index contributed by atoms with van der Waals surface area (Å²) in [5.74, 6) is -0.953. The van der Waals surface area contributed by atoms with E-state index in [1.807, 2.05) is 30.3 Å². The summed E-state index contributed by atoms with van der Waals surface area (Å²) in [6, 6.07) is 13.6. The Kier molecular flexibility index (Phi) is 6.16. The van der Waals surface area contributed by atoms with E-state index >= 15 is 0 Å². The van der Waals surface area contributed by atoms with Gasteiger partial charge in [-0.05, 0) is 25.1 Å². The van der Waals surface area contributed by atoms with Crippen LogP contribution in [0.5, 0.6) is 0 Å². The normalized spacial score (nSPS) is 10.7. The molecule has 3 amide bonds. The van der Waals surface area contributed by atoms with Crippen LogP contribution in [-0.4, -0.2) is 39.3 Å². The number of rotatable bonds is 6. The Bertz CT molecular complexity index is 1310. The molecule has 4 aromatic rings. The number of carbonyl (C=O) groups excluding carboxylic acids is 3. The topological polar surface area (TPSA) is 128 Å². The molecule has 0 fully saturated rings. The zero-order valence-electron chi connectivity index (χ0n) is 18.0. The highest BCUT2D eigenvalue weighted by atomic mass is 16.5. The van der Waals surface area contributed by atoms with E-state index in [4.69, 9.17) is 9.15 Å². The third-order valence-electron chi connectivity index (χ3n) is 4.85. The maximum absolute atomic E-state index is 12.9. The SMILES string of the molecule is Cc1nn(C)c2nc(-c3ccccc3)cc(C(=O)OCC(=O)NC(=O)NCc3ccco3)c12. The number of ether oxygens (including phenoxy) is 1. The number of imide groups is 1. The van der Waals surface area contributed by atoms with Crippen molar-refractivity contribution in [2.75, 3.05) is 6.61 Å². The van der Waals surface area contributed by atoms with Crippen LogP contribution in [0.1, 0.15) is 21.8 Å². The Morgan fingerprint density at radius 3 is 2.64 bits per heavy atom. The van der Waals surface area contributed by atoms with Crippen molar-refractivity contribution in [3.05, 3.63) is 71.8 Å². The molecule has 0 unspecified atom stereocenters. The van der Waals surface area contributed by atoms with Crippen molar-refractivity contribution < 1.29 is 23.5 Å². The minimum absolute atomic E-state index is 0.115. The summed E-state index contributed by atoms with van der Waals surface area (Å²) >= 11 is 0. The highest BCUT2D eigenvalue weighted by Crippen LogP contribution is 2.27. The second-order valence-corrected chi connectivity index (χ2v) is 7.22. The second-order valence-electron chi connectivity index (χ2n) is 7.22. The lowest BCUT2D eigenvalue weighted by Crippen LogP contribution is -2.41. The average molecular weight is 447 g/mol. The molecular formula is C23H21N5O5. The predicted octanol–water partition coefficient (Wildman–Crippen LogP) is 2.72. The van der Waals surface area contributed by atoms with Crippen molar-refractivity contribution in [2.45, 2.75) is 13.5 Å². The molecule has 3 aromatic heterocycles. The number of furan rings is 1. The number of aryl methyl sites for hydroxylation is 2. The Hall–Kier alpha value is -4.47. The van der Waals surface area contributed by atoms with Gasteiger partial charge in [0, 0.05) is 12.6 Å². The first-order valence-corrected chi connectivity index (χ1v) is 10.1. The summed E-state index contributed by atoms with van der Waals surface area (Å²) in [7, 11) is 1.74. The number of pyridine rings is 1. The number of esters is 1. The number of carbonyl (C=O) groups is 3. The van der Waals surface area contributed by atoms with Crippen LogP contribution in [0.2, 0.25) is 0 Å². The number of fused-ring (bicyclic) bond motifs is 1. The van der Waals surface area contributed by atoms with Gasteiger partial charge in [-0.25, -0.2) is 14.6 Å².